The lowest BCUT2D eigenvalue weighted by Crippen LogP contribution is -2.10. The van der Waals surface area contributed by atoms with Crippen molar-refractivity contribution in [1.29, 1.82) is 0 Å². The van der Waals surface area contributed by atoms with Gasteiger partial charge in [0.2, 0.25) is 0 Å². The van der Waals surface area contributed by atoms with Gasteiger partial charge in [-0.2, -0.15) is 13.2 Å². The van der Waals surface area contributed by atoms with E-state index in [1.165, 1.54) is 23.3 Å². The van der Waals surface area contributed by atoms with Crippen molar-refractivity contribution < 1.29 is 13.2 Å². The number of rotatable bonds is 6. The molecule has 44 heavy (non-hydrogen) atoms. The largest absolute Gasteiger partial charge is 0.418 e. The first kappa shape index (κ1) is 39.3. The number of para-hydroxylation sites is 2. The van der Waals surface area contributed by atoms with Crippen molar-refractivity contribution >= 4 is 50.5 Å². The van der Waals surface area contributed by atoms with E-state index < -0.39 is 11.7 Å². The van der Waals surface area contributed by atoms with Crippen molar-refractivity contribution in [3.8, 4) is 0 Å². The molecular formula is C34H42BrCl2F3N4. The van der Waals surface area contributed by atoms with Gasteiger partial charge in [0.05, 0.1) is 15.6 Å². The van der Waals surface area contributed by atoms with Crippen LogP contribution in [-0.4, -0.2) is 13.1 Å². The first-order valence-corrected chi connectivity index (χ1v) is 15.7. The zero-order valence-electron chi connectivity index (χ0n) is 25.7. The Bertz CT molecular complexity index is 1400. The summed E-state index contributed by atoms with van der Waals surface area (Å²) in [6.07, 6.45) is -4.28. The molecule has 0 heterocycles. The molecule has 0 saturated carbocycles. The third-order valence-electron chi connectivity index (χ3n) is 5.88. The van der Waals surface area contributed by atoms with Gasteiger partial charge in [-0.3, -0.25) is 0 Å². The molecule has 4 aromatic carbocycles. The fourth-order valence-electron chi connectivity index (χ4n) is 3.62. The van der Waals surface area contributed by atoms with Gasteiger partial charge in [-0.25, -0.2) is 0 Å². The van der Waals surface area contributed by atoms with Crippen LogP contribution in [0.5, 0.6) is 0 Å². The van der Waals surface area contributed by atoms with Gasteiger partial charge < -0.3 is 22.1 Å². The maximum atomic E-state index is 12.3. The molecule has 0 aromatic heterocycles. The maximum Gasteiger partial charge on any atom is 0.418 e. The molecule has 4 aromatic rings. The summed E-state index contributed by atoms with van der Waals surface area (Å²) in [5.41, 5.74) is 15.5. The van der Waals surface area contributed by atoms with Gasteiger partial charge in [0, 0.05) is 41.0 Å². The standard InChI is InChI=1S/C9H10F3N.C9H13N.C8H10BrN.C8H9Cl2N/c1-2-13-8-6-4-3-5-7(8)9(10,11)12;1-7-4-3-5-9(6-7)8(2)10;1-2-10-8-6-4-3-5-7(8)9;1-5(11)6-2-3-7(9)8(10)4-6/h3-6,13H,2H2,1H3;3-6,8H,10H2,1-2H3;3-6,10H,2H2,1H3;2-5H,11H2,1H3. The number of aryl methyl sites for hydroxylation is 1. The Morgan fingerprint density at radius 1 is 0.705 bits per heavy atom. The molecular weight excluding hydrogens is 672 g/mol. The molecule has 6 N–H and O–H groups in total. The lowest BCUT2D eigenvalue weighted by atomic mass is 10.1. The first-order chi connectivity index (χ1) is 20.7. The van der Waals surface area contributed by atoms with Gasteiger partial charge in [-0.15, -0.1) is 0 Å². The van der Waals surface area contributed by atoms with Crippen molar-refractivity contribution in [3.63, 3.8) is 0 Å². The molecule has 0 bridgehead atoms. The van der Waals surface area contributed by atoms with Crippen LogP contribution in [0, 0.1) is 6.92 Å². The highest BCUT2D eigenvalue weighted by Crippen LogP contribution is 2.34. The van der Waals surface area contributed by atoms with Crippen LogP contribution >= 0.6 is 39.1 Å². The summed E-state index contributed by atoms with van der Waals surface area (Å²) in [5.74, 6) is 0. The number of hydrogen-bond donors (Lipinski definition) is 4. The monoisotopic (exact) mass is 712 g/mol. The van der Waals surface area contributed by atoms with Gasteiger partial charge in [-0.1, -0.05) is 83.4 Å². The molecule has 10 heteroatoms. The van der Waals surface area contributed by atoms with Crippen LogP contribution in [0.15, 0.2) is 95.5 Å². The van der Waals surface area contributed by atoms with E-state index in [0.717, 1.165) is 28.3 Å². The zero-order chi connectivity index (χ0) is 33.3. The molecule has 4 rings (SSSR count). The number of nitrogens with one attached hydrogen (secondary N) is 2. The minimum Gasteiger partial charge on any atom is -0.385 e. The van der Waals surface area contributed by atoms with Crippen LogP contribution in [-0.2, 0) is 6.18 Å². The number of nitrogens with two attached hydrogens (primary N) is 2. The Balaban J connectivity index is 0.000000295. The third-order valence-corrected chi connectivity index (χ3v) is 7.31. The summed E-state index contributed by atoms with van der Waals surface area (Å²) in [6.45, 7) is 11.3. The molecule has 0 aliphatic rings. The Morgan fingerprint density at radius 2 is 1.23 bits per heavy atom. The third kappa shape index (κ3) is 14.8. The van der Waals surface area contributed by atoms with E-state index in [0.29, 0.717) is 16.6 Å². The number of anilines is 2. The van der Waals surface area contributed by atoms with Crippen LogP contribution in [0.3, 0.4) is 0 Å². The number of hydrogen-bond acceptors (Lipinski definition) is 4. The summed E-state index contributed by atoms with van der Waals surface area (Å²) < 4.78 is 38.1. The Hall–Kier alpha value is -2.75. The predicted octanol–water partition coefficient (Wildman–Crippen LogP) is 11.0. The van der Waals surface area contributed by atoms with Gasteiger partial charge in [0.1, 0.15) is 0 Å². The van der Waals surface area contributed by atoms with Crippen LogP contribution in [0.4, 0.5) is 24.5 Å². The van der Waals surface area contributed by atoms with Crippen molar-refractivity contribution in [2.24, 2.45) is 11.5 Å². The molecule has 0 spiro atoms. The average Bonchev–Trinajstić information content (AvgIpc) is 2.97. The highest BCUT2D eigenvalue weighted by atomic mass is 79.9. The molecule has 0 aliphatic heterocycles. The second-order valence-electron chi connectivity index (χ2n) is 9.75. The van der Waals surface area contributed by atoms with E-state index in [-0.39, 0.29) is 17.8 Å². The Labute approximate surface area is 278 Å². The summed E-state index contributed by atoms with van der Waals surface area (Å²) >= 11 is 14.9. The molecule has 0 saturated heterocycles. The van der Waals surface area contributed by atoms with Crippen molar-refractivity contribution in [2.75, 3.05) is 23.7 Å². The first-order valence-electron chi connectivity index (χ1n) is 14.1. The fourth-order valence-corrected chi connectivity index (χ4v) is 4.35. The highest BCUT2D eigenvalue weighted by Gasteiger charge is 2.32. The molecule has 2 atom stereocenters. The summed E-state index contributed by atoms with van der Waals surface area (Å²) in [6, 6.07) is 27.4. The number of alkyl halides is 3. The molecule has 0 amide bonds. The molecule has 0 aliphatic carbocycles. The van der Waals surface area contributed by atoms with E-state index in [1.54, 1.807) is 25.1 Å². The molecule has 0 radical (unpaired) electrons. The normalized spacial score (nSPS) is 11.8. The SMILES string of the molecule is CC(N)c1ccc(Cl)c(Cl)c1.CCNc1ccccc1Br.CCNc1ccccc1C(F)(F)F.Cc1cccc(C(C)N)c1. The summed E-state index contributed by atoms with van der Waals surface area (Å²) in [5, 5.41) is 7.01. The quantitative estimate of drug-likeness (QED) is 0.160. The van der Waals surface area contributed by atoms with E-state index >= 15 is 0 Å². The van der Waals surface area contributed by atoms with Gasteiger partial charge >= 0.3 is 6.18 Å². The number of benzene rings is 4. The summed E-state index contributed by atoms with van der Waals surface area (Å²) in [4.78, 5) is 0. The Morgan fingerprint density at radius 3 is 1.70 bits per heavy atom. The van der Waals surface area contributed by atoms with Crippen LogP contribution < -0.4 is 22.1 Å². The van der Waals surface area contributed by atoms with E-state index in [4.69, 9.17) is 34.7 Å². The fraction of sp³-hybridized carbons (Fsp3) is 0.294. The summed E-state index contributed by atoms with van der Waals surface area (Å²) in [7, 11) is 0. The lowest BCUT2D eigenvalue weighted by molar-refractivity contribution is -0.136. The second-order valence-corrected chi connectivity index (χ2v) is 11.4. The minimum atomic E-state index is -4.28. The molecule has 0 fully saturated rings. The number of halogens is 6. The smallest absolute Gasteiger partial charge is 0.385 e. The van der Waals surface area contributed by atoms with Crippen molar-refractivity contribution in [1.82, 2.24) is 0 Å². The zero-order valence-corrected chi connectivity index (χ0v) is 28.7. The molecule has 2 unspecified atom stereocenters. The molecule has 4 nitrogen and oxygen atoms in total. The van der Waals surface area contributed by atoms with Crippen LogP contribution in [0.2, 0.25) is 10.0 Å². The van der Waals surface area contributed by atoms with E-state index in [1.807, 2.05) is 50.2 Å². The van der Waals surface area contributed by atoms with Gasteiger partial charge in [-0.05, 0) is 98.1 Å². The minimum absolute atomic E-state index is 0.00441. The van der Waals surface area contributed by atoms with E-state index in [9.17, 15) is 13.2 Å². The van der Waals surface area contributed by atoms with Crippen LogP contribution in [0.1, 0.15) is 62.0 Å². The van der Waals surface area contributed by atoms with Gasteiger partial charge in [0.15, 0.2) is 0 Å². The Kier molecular flexibility index (Phi) is 18.1. The van der Waals surface area contributed by atoms with Crippen LogP contribution in [0.25, 0.3) is 0 Å². The topological polar surface area (TPSA) is 76.1 Å². The molecule has 240 valence electrons. The van der Waals surface area contributed by atoms with Gasteiger partial charge in [0.25, 0.3) is 0 Å². The van der Waals surface area contributed by atoms with Crippen molar-refractivity contribution in [3.05, 3.63) is 128 Å². The maximum absolute atomic E-state index is 12.3. The lowest BCUT2D eigenvalue weighted by Gasteiger charge is -2.12. The van der Waals surface area contributed by atoms with Crippen molar-refractivity contribution in [2.45, 2.75) is 52.9 Å². The highest BCUT2D eigenvalue weighted by molar-refractivity contribution is 9.10. The van der Waals surface area contributed by atoms with E-state index in [2.05, 4.69) is 58.6 Å². The predicted molar refractivity (Wildman–Crippen MR) is 187 cm³/mol. The second kappa shape index (κ2) is 20.3. The average molecular weight is 715 g/mol.